The Labute approximate surface area is 222 Å². The van der Waals surface area contributed by atoms with Crippen LogP contribution in [0.1, 0.15) is 39.8 Å². The van der Waals surface area contributed by atoms with Gasteiger partial charge in [-0.15, -0.1) is 0 Å². The summed E-state index contributed by atoms with van der Waals surface area (Å²) in [6, 6.07) is 24.1. The SMILES string of the molecule is COc1ccc(CCNC(=O)CCn2c3c(c4ccccc42)CCN2C(=O)c4ccccc4N(C)C32)cc1. The maximum Gasteiger partial charge on any atom is 0.257 e. The van der Waals surface area contributed by atoms with Crippen molar-refractivity contribution < 1.29 is 14.3 Å². The van der Waals surface area contributed by atoms with E-state index in [9.17, 15) is 9.59 Å². The van der Waals surface area contributed by atoms with Crippen molar-refractivity contribution in [3.05, 3.63) is 95.2 Å². The highest BCUT2D eigenvalue weighted by Gasteiger charge is 2.42. The number of ether oxygens (including phenoxy) is 1. The average molecular weight is 509 g/mol. The lowest BCUT2D eigenvalue weighted by Gasteiger charge is -2.46. The van der Waals surface area contributed by atoms with Gasteiger partial charge in [0.15, 0.2) is 0 Å². The Morgan fingerprint density at radius 2 is 1.79 bits per heavy atom. The first-order valence-electron chi connectivity index (χ1n) is 13.2. The Kier molecular flexibility index (Phi) is 6.27. The Morgan fingerprint density at radius 3 is 2.61 bits per heavy atom. The zero-order chi connectivity index (χ0) is 26.2. The standard InChI is InChI=1S/C31H32N4O3/c1-33-26-9-5-4-8-25(26)31(37)35-19-16-24-23-7-3-6-10-27(23)34(29(24)30(33)35)20-17-28(36)32-18-15-21-11-13-22(38-2)14-12-21/h3-14,30H,15-20H2,1-2H3,(H,32,36). The molecule has 0 aliphatic carbocycles. The summed E-state index contributed by atoms with van der Waals surface area (Å²) in [7, 11) is 3.72. The fraction of sp³-hybridized carbons (Fsp3) is 0.290. The molecule has 1 aromatic heterocycles. The fourth-order valence-electron chi connectivity index (χ4n) is 5.99. The molecular formula is C31H32N4O3. The van der Waals surface area contributed by atoms with Gasteiger partial charge >= 0.3 is 0 Å². The molecule has 3 heterocycles. The zero-order valence-electron chi connectivity index (χ0n) is 21.8. The number of anilines is 1. The Hall–Kier alpha value is -4.26. The minimum Gasteiger partial charge on any atom is -0.497 e. The van der Waals surface area contributed by atoms with Crippen LogP contribution in [-0.2, 0) is 24.2 Å². The maximum atomic E-state index is 13.5. The molecule has 6 rings (SSSR count). The van der Waals surface area contributed by atoms with E-state index in [-0.39, 0.29) is 18.0 Å². The van der Waals surface area contributed by atoms with Crippen molar-refractivity contribution in [2.45, 2.75) is 32.0 Å². The van der Waals surface area contributed by atoms with Gasteiger partial charge in [0.2, 0.25) is 5.91 Å². The molecule has 1 atom stereocenters. The van der Waals surface area contributed by atoms with Crippen molar-refractivity contribution in [2.75, 3.05) is 32.1 Å². The third-order valence-electron chi connectivity index (χ3n) is 7.86. The van der Waals surface area contributed by atoms with Crippen LogP contribution in [0.3, 0.4) is 0 Å². The Bertz CT molecular complexity index is 1510. The summed E-state index contributed by atoms with van der Waals surface area (Å²) in [4.78, 5) is 30.6. The van der Waals surface area contributed by atoms with Crippen LogP contribution in [0.25, 0.3) is 10.9 Å². The molecule has 7 heteroatoms. The van der Waals surface area contributed by atoms with E-state index in [1.165, 1.54) is 10.9 Å². The fourth-order valence-corrected chi connectivity index (χ4v) is 5.99. The van der Waals surface area contributed by atoms with Crippen molar-refractivity contribution in [1.82, 2.24) is 14.8 Å². The van der Waals surface area contributed by atoms with Crippen LogP contribution < -0.4 is 15.0 Å². The van der Waals surface area contributed by atoms with Gasteiger partial charge in [0.05, 0.1) is 24.1 Å². The quantitative estimate of drug-likeness (QED) is 0.398. The number of hydrogen-bond acceptors (Lipinski definition) is 4. The second kappa shape index (κ2) is 9.89. The highest BCUT2D eigenvalue weighted by atomic mass is 16.5. The minimum absolute atomic E-state index is 0.0242. The molecule has 0 saturated carbocycles. The van der Waals surface area contributed by atoms with Crippen LogP contribution in [0.5, 0.6) is 5.75 Å². The molecule has 0 radical (unpaired) electrons. The number of carbonyl (C=O) groups is 2. The largest absolute Gasteiger partial charge is 0.497 e. The van der Waals surface area contributed by atoms with Gasteiger partial charge in [0.25, 0.3) is 5.91 Å². The van der Waals surface area contributed by atoms with E-state index in [4.69, 9.17) is 4.74 Å². The molecule has 2 aliphatic rings. The number of carbonyl (C=O) groups excluding carboxylic acids is 2. The second-order valence-electron chi connectivity index (χ2n) is 9.98. The Morgan fingerprint density at radius 1 is 1.03 bits per heavy atom. The van der Waals surface area contributed by atoms with Crippen molar-refractivity contribution >= 4 is 28.4 Å². The summed E-state index contributed by atoms with van der Waals surface area (Å²) in [6.07, 6.45) is 1.73. The molecule has 0 bridgehead atoms. The molecule has 0 fully saturated rings. The molecule has 38 heavy (non-hydrogen) atoms. The topological polar surface area (TPSA) is 66.8 Å². The van der Waals surface area contributed by atoms with Gasteiger partial charge in [-0.25, -0.2) is 0 Å². The molecule has 1 N–H and O–H groups in total. The van der Waals surface area contributed by atoms with E-state index in [1.54, 1.807) is 7.11 Å². The second-order valence-corrected chi connectivity index (χ2v) is 9.98. The lowest BCUT2D eigenvalue weighted by molar-refractivity contribution is -0.121. The summed E-state index contributed by atoms with van der Waals surface area (Å²) >= 11 is 0. The molecule has 4 aromatic rings. The van der Waals surface area contributed by atoms with Crippen molar-refractivity contribution in [1.29, 1.82) is 0 Å². The number of aromatic nitrogens is 1. The first kappa shape index (κ1) is 24.1. The third-order valence-corrected chi connectivity index (χ3v) is 7.86. The number of aryl methyl sites for hydroxylation is 1. The molecule has 0 spiro atoms. The van der Waals surface area contributed by atoms with Gasteiger partial charge in [0, 0.05) is 44.0 Å². The number of methoxy groups -OCH3 is 1. The first-order valence-corrected chi connectivity index (χ1v) is 13.2. The van der Waals surface area contributed by atoms with Crippen LogP contribution in [0.4, 0.5) is 5.69 Å². The number of rotatable bonds is 7. The highest BCUT2D eigenvalue weighted by molar-refractivity contribution is 6.02. The van der Waals surface area contributed by atoms with E-state index in [1.807, 2.05) is 59.5 Å². The number of nitrogens with one attached hydrogen (secondary N) is 1. The average Bonchev–Trinajstić information content (AvgIpc) is 3.28. The van der Waals surface area contributed by atoms with E-state index in [0.717, 1.165) is 46.6 Å². The minimum atomic E-state index is -0.202. The van der Waals surface area contributed by atoms with Gasteiger partial charge in [-0.2, -0.15) is 0 Å². The number of amides is 2. The molecule has 194 valence electrons. The van der Waals surface area contributed by atoms with Gasteiger partial charge < -0.3 is 24.4 Å². The summed E-state index contributed by atoms with van der Waals surface area (Å²) < 4.78 is 7.48. The van der Waals surface area contributed by atoms with Crippen LogP contribution in [0.15, 0.2) is 72.8 Å². The zero-order valence-corrected chi connectivity index (χ0v) is 21.8. The molecule has 0 saturated heterocycles. The van der Waals surface area contributed by atoms with Gasteiger partial charge in [-0.05, 0) is 54.3 Å². The van der Waals surface area contributed by atoms with E-state index >= 15 is 0 Å². The van der Waals surface area contributed by atoms with E-state index < -0.39 is 0 Å². The molecule has 3 aromatic carbocycles. The van der Waals surface area contributed by atoms with Crippen LogP contribution in [-0.4, -0.2) is 48.5 Å². The lowest BCUT2D eigenvalue weighted by Crippen LogP contribution is -2.51. The third kappa shape index (κ3) is 4.08. The molecular weight excluding hydrogens is 476 g/mol. The first-order chi connectivity index (χ1) is 18.6. The molecule has 2 amide bonds. The van der Waals surface area contributed by atoms with Crippen LogP contribution in [0, 0.1) is 0 Å². The van der Waals surface area contributed by atoms with E-state index in [2.05, 4.69) is 40.0 Å². The number of nitrogens with zero attached hydrogens (tertiary/aromatic N) is 3. The van der Waals surface area contributed by atoms with Crippen LogP contribution >= 0.6 is 0 Å². The normalized spacial score (nSPS) is 16.2. The number of hydrogen-bond donors (Lipinski definition) is 1. The predicted molar refractivity (Wildman–Crippen MR) is 149 cm³/mol. The molecule has 2 aliphatic heterocycles. The summed E-state index contributed by atoms with van der Waals surface area (Å²) in [5.41, 5.74) is 6.36. The molecule has 1 unspecified atom stereocenters. The maximum absolute atomic E-state index is 13.5. The summed E-state index contributed by atoms with van der Waals surface area (Å²) in [5, 5.41) is 4.29. The molecule has 7 nitrogen and oxygen atoms in total. The smallest absolute Gasteiger partial charge is 0.257 e. The summed E-state index contributed by atoms with van der Waals surface area (Å²) in [5.74, 6) is 0.922. The van der Waals surface area contributed by atoms with Crippen molar-refractivity contribution in [3.63, 3.8) is 0 Å². The number of fused-ring (bicyclic) bond motifs is 6. The van der Waals surface area contributed by atoms with Crippen molar-refractivity contribution in [3.8, 4) is 5.75 Å². The van der Waals surface area contributed by atoms with Crippen LogP contribution in [0.2, 0.25) is 0 Å². The monoisotopic (exact) mass is 508 g/mol. The predicted octanol–water partition coefficient (Wildman–Crippen LogP) is 4.55. The van der Waals surface area contributed by atoms with E-state index in [0.29, 0.717) is 26.1 Å². The van der Waals surface area contributed by atoms with Gasteiger partial charge in [-0.1, -0.05) is 42.5 Å². The Balaban J connectivity index is 1.24. The van der Waals surface area contributed by atoms with Gasteiger partial charge in [-0.3, -0.25) is 9.59 Å². The van der Waals surface area contributed by atoms with Crippen molar-refractivity contribution in [2.24, 2.45) is 0 Å². The number of benzene rings is 3. The highest BCUT2D eigenvalue weighted by Crippen LogP contribution is 2.44. The lowest BCUT2D eigenvalue weighted by atomic mass is 9.96. The van der Waals surface area contributed by atoms with Gasteiger partial charge in [0.1, 0.15) is 11.9 Å². The summed E-state index contributed by atoms with van der Waals surface area (Å²) in [6.45, 7) is 1.81. The number of para-hydroxylation sites is 2.